The van der Waals surface area contributed by atoms with Crippen molar-refractivity contribution in [3.05, 3.63) is 47.7 Å². The van der Waals surface area contributed by atoms with Crippen LogP contribution in [0.4, 0.5) is 5.82 Å². The van der Waals surface area contributed by atoms with Gasteiger partial charge in [-0.15, -0.1) is 0 Å². The molecule has 78 heavy (non-hydrogen) atoms. The minimum atomic E-state index is -1.10. The van der Waals surface area contributed by atoms with Crippen molar-refractivity contribution < 1.29 is 57.4 Å². The highest BCUT2D eigenvalue weighted by atomic mass is 16.5. The van der Waals surface area contributed by atoms with Crippen molar-refractivity contribution in [2.75, 3.05) is 51.4 Å². The van der Waals surface area contributed by atoms with Gasteiger partial charge in [0.15, 0.2) is 0 Å². The average Bonchev–Trinajstić information content (AvgIpc) is 4.05. The molecule has 4 heterocycles. The van der Waals surface area contributed by atoms with Crippen molar-refractivity contribution in [1.29, 1.82) is 0 Å². The zero-order valence-electron chi connectivity index (χ0n) is 45.1. The lowest BCUT2D eigenvalue weighted by Crippen LogP contribution is -2.62. The van der Waals surface area contributed by atoms with Crippen LogP contribution in [0.15, 0.2) is 30.6 Å². The van der Waals surface area contributed by atoms with E-state index in [0.717, 1.165) is 51.1 Å². The number of nitrogens with one attached hydrogen (secondary N) is 8. The highest BCUT2D eigenvalue weighted by molar-refractivity contribution is 6.38. The van der Waals surface area contributed by atoms with E-state index in [2.05, 4.69) is 57.5 Å². The van der Waals surface area contributed by atoms with Crippen molar-refractivity contribution in [3.63, 3.8) is 0 Å². The number of imide groups is 1. The predicted molar refractivity (Wildman–Crippen MR) is 281 cm³/mol. The Balaban J connectivity index is 0.862. The molecule has 2 unspecified atom stereocenters. The first-order chi connectivity index (χ1) is 37.4. The molecule has 0 spiro atoms. The zero-order chi connectivity index (χ0) is 55.9. The summed E-state index contributed by atoms with van der Waals surface area (Å²) in [6.45, 7) is 9.14. The molecule has 2 aromatic heterocycles. The van der Waals surface area contributed by atoms with Gasteiger partial charge in [0.2, 0.25) is 35.3 Å². The molecular formula is C54H76N12O12. The molecule has 7 atom stereocenters. The van der Waals surface area contributed by atoms with Crippen molar-refractivity contribution in [1.82, 2.24) is 57.1 Å². The molecule has 9 amide bonds. The number of pyridine rings is 1. The second-order valence-electron chi connectivity index (χ2n) is 22.0. The number of carbonyl (C=O) groups excluding carboxylic acids is 10. The summed E-state index contributed by atoms with van der Waals surface area (Å²) in [5.74, 6) is -5.52. The van der Waals surface area contributed by atoms with E-state index >= 15 is 0 Å². The van der Waals surface area contributed by atoms with Crippen LogP contribution < -0.4 is 42.5 Å². The fourth-order valence-electron chi connectivity index (χ4n) is 10.6. The van der Waals surface area contributed by atoms with Crippen LogP contribution >= 0.6 is 0 Å². The molecule has 2 aromatic rings. The first-order valence-corrected chi connectivity index (χ1v) is 27.6. The molecule has 2 aliphatic heterocycles. The maximum absolute atomic E-state index is 14.9. The van der Waals surface area contributed by atoms with Crippen LogP contribution in [-0.2, 0) is 43.0 Å². The fourth-order valence-corrected chi connectivity index (χ4v) is 10.6. The number of piperidine rings is 1. The van der Waals surface area contributed by atoms with Crippen LogP contribution in [-0.4, -0.2) is 161 Å². The van der Waals surface area contributed by atoms with Gasteiger partial charge < -0.3 is 51.6 Å². The van der Waals surface area contributed by atoms with Crippen molar-refractivity contribution in [3.8, 4) is 0 Å². The summed E-state index contributed by atoms with van der Waals surface area (Å²) in [7, 11) is 0. The smallest absolute Gasteiger partial charge is 0.289 e. The number of ether oxygens (including phenoxy) is 2. The summed E-state index contributed by atoms with van der Waals surface area (Å²) < 4.78 is 11.2. The second-order valence-corrected chi connectivity index (χ2v) is 22.0. The summed E-state index contributed by atoms with van der Waals surface area (Å²) in [6, 6.07) is -0.0829. The number of carbonyl (C=O) groups is 10. The van der Waals surface area contributed by atoms with Crippen molar-refractivity contribution in [2.45, 2.75) is 154 Å². The van der Waals surface area contributed by atoms with E-state index in [1.165, 1.54) is 12.3 Å². The minimum Gasteiger partial charge on any atom is -0.377 e. The molecule has 0 bridgehead atoms. The van der Waals surface area contributed by atoms with Crippen molar-refractivity contribution >= 4 is 64.8 Å². The zero-order valence-corrected chi connectivity index (χ0v) is 45.1. The normalized spacial score (nSPS) is 21.5. The molecular weight excluding hydrogens is 1010 g/mol. The fraction of sp³-hybridized carbons (Fsp3) is 0.648. The predicted octanol–water partition coefficient (Wildman–Crippen LogP) is 1.25. The van der Waals surface area contributed by atoms with E-state index in [4.69, 9.17) is 9.47 Å². The van der Waals surface area contributed by atoms with E-state index in [1.807, 2.05) is 27.7 Å². The lowest BCUT2D eigenvalue weighted by molar-refractivity contribution is -0.146. The Morgan fingerprint density at radius 3 is 2.13 bits per heavy atom. The van der Waals surface area contributed by atoms with E-state index in [1.54, 1.807) is 17.0 Å². The Morgan fingerprint density at radius 2 is 1.46 bits per heavy atom. The number of fused-ring (bicyclic) bond motifs is 1. The standard InChI is InChI=1S/C54H76N12O12/c1-5-11-35(44(68)52(75)59-33-18-19-33)61-51(74)43-34-15-9-14-32(34)30-66(43)53(76)45(54(2,3)4)65-50(73)42(31-12-7-6-8-13-31)64-49(72)39-29-57-38(28-58-39)46(69)56-23-25-78-27-26-77-24-22-55-40-17-10-16-36(60-40)47(70)62-37-20-21-41(67)63-48(37)71/h10,16-17,28-29,31-35,37,42-43,45H,5-9,11-15,18-27,30H2,1-4H3,(H,55,60)(H,56,69)(H,59,75)(H,61,74)(H,62,70)(H,64,72)(H,65,73)(H,63,67,71)/t32-,34?,35-,37?,42-,43-,45+/m0/s1. The molecule has 7 rings (SSSR count). The highest BCUT2D eigenvalue weighted by Crippen LogP contribution is 2.43. The van der Waals surface area contributed by atoms with Gasteiger partial charge in [0.05, 0.1) is 44.9 Å². The maximum Gasteiger partial charge on any atom is 0.289 e. The molecule has 24 heteroatoms. The Labute approximate surface area is 454 Å². The summed E-state index contributed by atoms with van der Waals surface area (Å²) in [4.78, 5) is 147. The van der Waals surface area contributed by atoms with E-state index in [9.17, 15) is 47.9 Å². The van der Waals surface area contributed by atoms with Crippen LogP contribution in [0.2, 0.25) is 0 Å². The number of likely N-dealkylation sites (tertiary alicyclic amines) is 1. The topological polar surface area (TPSA) is 327 Å². The van der Waals surface area contributed by atoms with Gasteiger partial charge in [-0.2, -0.15) is 0 Å². The Kier molecular flexibility index (Phi) is 20.8. The monoisotopic (exact) mass is 1080 g/mol. The van der Waals surface area contributed by atoms with Crippen LogP contribution in [0.1, 0.15) is 149 Å². The molecule has 0 aromatic carbocycles. The average molecular weight is 1090 g/mol. The molecule has 0 radical (unpaired) electrons. The third-order valence-corrected chi connectivity index (χ3v) is 15.0. The van der Waals surface area contributed by atoms with Crippen LogP contribution in [0.25, 0.3) is 0 Å². The molecule has 3 aliphatic carbocycles. The summed E-state index contributed by atoms with van der Waals surface area (Å²) >= 11 is 0. The molecule has 24 nitrogen and oxygen atoms in total. The minimum absolute atomic E-state index is 0.0277. The van der Waals surface area contributed by atoms with Crippen molar-refractivity contribution in [2.24, 2.45) is 23.2 Å². The van der Waals surface area contributed by atoms with Gasteiger partial charge >= 0.3 is 0 Å². The quantitative estimate of drug-likeness (QED) is 0.0373. The van der Waals surface area contributed by atoms with Gasteiger partial charge in [-0.1, -0.05) is 65.9 Å². The second kappa shape index (κ2) is 27.6. The Hall–Kier alpha value is -6.95. The lowest BCUT2D eigenvalue weighted by atomic mass is 9.82. The number of hydrogen-bond donors (Lipinski definition) is 8. The summed E-state index contributed by atoms with van der Waals surface area (Å²) in [5, 5.41) is 22.0. The summed E-state index contributed by atoms with van der Waals surface area (Å²) in [6.07, 6.45) is 11.5. The number of ketones is 1. The lowest BCUT2D eigenvalue weighted by Gasteiger charge is -2.38. The third-order valence-electron chi connectivity index (χ3n) is 15.0. The van der Waals surface area contributed by atoms with Crippen LogP contribution in [0, 0.1) is 23.2 Å². The third kappa shape index (κ3) is 16.1. The number of amides is 9. The summed E-state index contributed by atoms with van der Waals surface area (Å²) in [5.41, 5.74) is -0.896. The van der Waals surface area contributed by atoms with Gasteiger partial charge in [0.1, 0.15) is 47.1 Å². The maximum atomic E-state index is 14.9. The van der Waals surface area contributed by atoms with Gasteiger partial charge in [0, 0.05) is 32.1 Å². The molecule has 8 N–H and O–H groups in total. The van der Waals surface area contributed by atoms with Crippen LogP contribution in [0.5, 0.6) is 0 Å². The first kappa shape index (κ1) is 58.7. The van der Waals surface area contributed by atoms with Crippen LogP contribution in [0.3, 0.4) is 0 Å². The highest BCUT2D eigenvalue weighted by Gasteiger charge is 2.52. The van der Waals surface area contributed by atoms with Gasteiger partial charge in [-0.05, 0) is 86.7 Å². The largest absolute Gasteiger partial charge is 0.377 e. The Morgan fingerprint density at radius 1 is 0.756 bits per heavy atom. The number of Topliss-reactive ketones (excluding diaryl/α,β-unsaturated/α-hetero) is 1. The van der Waals surface area contributed by atoms with E-state index in [-0.39, 0.29) is 92.4 Å². The van der Waals surface area contributed by atoms with E-state index in [0.29, 0.717) is 51.2 Å². The molecule has 2 saturated heterocycles. The SMILES string of the molecule is CCC[C@H](NC(=O)[C@@H]1C2CCC[C@H]2CN1C(=O)[C@@H](NC(=O)[C@@H](NC(=O)c1cnc(C(=O)NCCOCCOCCNc2cccc(C(=O)NC3CCC(=O)NC3=O)n2)cn1)C1CCCCC1)C(C)(C)C)C(=O)C(=O)NC1CC1. The van der Waals surface area contributed by atoms with E-state index < -0.39 is 88.7 Å². The first-order valence-electron chi connectivity index (χ1n) is 27.6. The number of rotatable bonds is 26. The number of anilines is 1. The number of hydrogen-bond acceptors (Lipinski definition) is 16. The molecule has 424 valence electrons. The Bertz CT molecular complexity index is 2510. The molecule has 3 saturated carbocycles. The van der Waals surface area contributed by atoms with Gasteiger partial charge in [-0.25, -0.2) is 15.0 Å². The molecule has 5 aliphatic rings. The number of aromatic nitrogens is 3. The molecule has 5 fully saturated rings. The van der Waals surface area contributed by atoms with Gasteiger partial charge in [-0.3, -0.25) is 53.3 Å². The van der Waals surface area contributed by atoms with Gasteiger partial charge in [0.25, 0.3) is 23.6 Å². The number of nitrogens with zero attached hydrogens (tertiary/aromatic N) is 4.